The molecular weight excluding hydrogens is 374 g/mol. The van der Waals surface area contributed by atoms with Crippen molar-refractivity contribution in [2.75, 3.05) is 12.4 Å². The average molecular weight is 392 g/mol. The lowest BCUT2D eigenvalue weighted by Gasteiger charge is -2.15. The highest BCUT2D eigenvalue weighted by atomic mass is 79.9. The van der Waals surface area contributed by atoms with E-state index >= 15 is 0 Å². The number of aromatic nitrogens is 4. The molecule has 7 nitrogen and oxygen atoms in total. The molecule has 0 saturated carbocycles. The maximum absolute atomic E-state index is 5.73. The van der Waals surface area contributed by atoms with Gasteiger partial charge in [-0.3, -0.25) is 0 Å². The zero-order valence-electron chi connectivity index (χ0n) is 13.9. The van der Waals surface area contributed by atoms with Crippen molar-refractivity contribution in [1.82, 2.24) is 19.7 Å². The standard InChI is InChI=1S/C16H18BrN5O2/c1-9(2)24-11-6-5-10(7-12(11)23-4)20-15-13-14(17)21-22(3)16(13)19-8-18-15/h5-9H,1-4H3,(H,18,19,20). The Morgan fingerprint density at radius 1 is 1.21 bits per heavy atom. The summed E-state index contributed by atoms with van der Waals surface area (Å²) in [6.45, 7) is 3.95. The minimum Gasteiger partial charge on any atom is -0.493 e. The van der Waals surface area contributed by atoms with Crippen LogP contribution in [0.1, 0.15) is 13.8 Å². The number of halogens is 1. The van der Waals surface area contributed by atoms with Crippen molar-refractivity contribution in [3.8, 4) is 11.5 Å². The van der Waals surface area contributed by atoms with Crippen molar-refractivity contribution in [2.45, 2.75) is 20.0 Å². The fourth-order valence-corrected chi connectivity index (χ4v) is 2.97. The molecule has 126 valence electrons. The van der Waals surface area contributed by atoms with Crippen LogP contribution in [0.2, 0.25) is 0 Å². The number of methoxy groups -OCH3 is 1. The molecule has 3 aromatic rings. The normalized spacial score (nSPS) is 11.1. The van der Waals surface area contributed by atoms with Crippen LogP contribution in [0, 0.1) is 0 Å². The zero-order chi connectivity index (χ0) is 17.3. The molecule has 0 radical (unpaired) electrons. The van der Waals surface area contributed by atoms with Crippen molar-refractivity contribution in [1.29, 1.82) is 0 Å². The molecule has 0 amide bonds. The van der Waals surface area contributed by atoms with Gasteiger partial charge in [-0.2, -0.15) is 5.10 Å². The highest BCUT2D eigenvalue weighted by molar-refractivity contribution is 9.10. The lowest BCUT2D eigenvalue weighted by atomic mass is 10.2. The Bertz CT molecular complexity index is 878. The van der Waals surface area contributed by atoms with Gasteiger partial charge in [0.1, 0.15) is 16.7 Å². The number of benzene rings is 1. The number of nitrogens with one attached hydrogen (secondary N) is 1. The monoisotopic (exact) mass is 391 g/mol. The molecular formula is C16H18BrN5O2. The van der Waals surface area contributed by atoms with Crippen molar-refractivity contribution < 1.29 is 9.47 Å². The van der Waals surface area contributed by atoms with Gasteiger partial charge in [0, 0.05) is 18.8 Å². The van der Waals surface area contributed by atoms with E-state index in [2.05, 4.69) is 36.3 Å². The summed E-state index contributed by atoms with van der Waals surface area (Å²) in [6.07, 6.45) is 1.58. The Morgan fingerprint density at radius 2 is 2.00 bits per heavy atom. The predicted molar refractivity (Wildman–Crippen MR) is 96.0 cm³/mol. The highest BCUT2D eigenvalue weighted by Crippen LogP contribution is 2.34. The first-order valence-corrected chi connectivity index (χ1v) is 8.23. The second-order valence-corrected chi connectivity index (χ2v) is 6.24. The Balaban J connectivity index is 1.97. The molecule has 0 aliphatic rings. The molecule has 0 bridgehead atoms. The lowest BCUT2D eigenvalue weighted by molar-refractivity contribution is 0.230. The Morgan fingerprint density at radius 3 is 2.71 bits per heavy atom. The minimum atomic E-state index is 0.0746. The molecule has 0 atom stereocenters. The third-order valence-electron chi connectivity index (χ3n) is 3.37. The second-order valence-electron chi connectivity index (χ2n) is 5.49. The molecule has 0 unspecified atom stereocenters. The summed E-state index contributed by atoms with van der Waals surface area (Å²) in [7, 11) is 3.46. The predicted octanol–water partition coefficient (Wildman–Crippen LogP) is 3.67. The van der Waals surface area contributed by atoms with Gasteiger partial charge in [0.25, 0.3) is 0 Å². The van der Waals surface area contributed by atoms with Crippen molar-refractivity contribution >= 4 is 38.5 Å². The summed E-state index contributed by atoms with van der Waals surface area (Å²) in [6, 6.07) is 5.66. The third kappa shape index (κ3) is 3.14. The van der Waals surface area contributed by atoms with Gasteiger partial charge >= 0.3 is 0 Å². The fourth-order valence-electron chi connectivity index (χ4n) is 2.37. The summed E-state index contributed by atoms with van der Waals surface area (Å²) in [5, 5.41) is 8.43. The van der Waals surface area contributed by atoms with Gasteiger partial charge in [-0.1, -0.05) is 0 Å². The van der Waals surface area contributed by atoms with Crippen molar-refractivity contribution in [3.63, 3.8) is 0 Å². The molecule has 0 aliphatic heterocycles. The maximum atomic E-state index is 5.73. The Kier molecular flexibility index (Phi) is 4.57. The molecule has 1 N–H and O–H groups in total. The van der Waals surface area contributed by atoms with Crippen LogP contribution in [-0.4, -0.2) is 33.0 Å². The van der Waals surface area contributed by atoms with Crippen LogP contribution in [0.25, 0.3) is 11.0 Å². The SMILES string of the molecule is COc1cc(Nc2ncnc3c2c(Br)nn3C)ccc1OC(C)C. The quantitative estimate of drug-likeness (QED) is 0.714. The van der Waals surface area contributed by atoms with E-state index in [9.17, 15) is 0 Å². The molecule has 0 saturated heterocycles. The van der Waals surface area contributed by atoms with Crippen LogP contribution >= 0.6 is 15.9 Å². The van der Waals surface area contributed by atoms with Crippen LogP contribution in [0.15, 0.2) is 29.1 Å². The zero-order valence-corrected chi connectivity index (χ0v) is 15.5. The molecule has 3 rings (SSSR count). The smallest absolute Gasteiger partial charge is 0.164 e. The Hall–Kier alpha value is -2.35. The molecule has 2 heterocycles. The van der Waals surface area contributed by atoms with E-state index in [4.69, 9.17) is 9.47 Å². The van der Waals surface area contributed by atoms with E-state index in [1.54, 1.807) is 11.8 Å². The summed E-state index contributed by atoms with van der Waals surface area (Å²) >= 11 is 3.45. The van der Waals surface area contributed by atoms with Crippen LogP contribution in [0.3, 0.4) is 0 Å². The number of anilines is 2. The summed E-state index contributed by atoms with van der Waals surface area (Å²) in [4.78, 5) is 8.58. The van der Waals surface area contributed by atoms with E-state index in [0.717, 1.165) is 16.7 Å². The van der Waals surface area contributed by atoms with E-state index in [1.165, 1.54) is 6.33 Å². The molecule has 24 heavy (non-hydrogen) atoms. The van der Waals surface area contributed by atoms with Crippen LogP contribution in [0.4, 0.5) is 11.5 Å². The van der Waals surface area contributed by atoms with Crippen molar-refractivity contribution in [3.05, 3.63) is 29.1 Å². The third-order valence-corrected chi connectivity index (χ3v) is 3.92. The second kappa shape index (κ2) is 6.64. The van der Waals surface area contributed by atoms with E-state index in [0.29, 0.717) is 21.9 Å². The number of hydrogen-bond acceptors (Lipinski definition) is 6. The topological polar surface area (TPSA) is 74.1 Å². The van der Waals surface area contributed by atoms with Gasteiger partial charge in [0.05, 0.1) is 18.6 Å². The van der Waals surface area contributed by atoms with Crippen LogP contribution in [0.5, 0.6) is 11.5 Å². The average Bonchev–Trinajstić information content (AvgIpc) is 2.84. The lowest BCUT2D eigenvalue weighted by Crippen LogP contribution is -2.07. The van der Waals surface area contributed by atoms with Crippen molar-refractivity contribution in [2.24, 2.45) is 7.05 Å². The molecule has 0 fully saturated rings. The number of hydrogen-bond donors (Lipinski definition) is 1. The van der Waals surface area contributed by atoms with Crippen LogP contribution < -0.4 is 14.8 Å². The first kappa shape index (κ1) is 16.5. The van der Waals surface area contributed by atoms with Gasteiger partial charge in [0.15, 0.2) is 17.1 Å². The van der Waals surface area contributed by atoms with Gasteiger partial charge in [-0.25, -0.2) is 14.6 Å². The van der Waals surface area contributed by atoms with Gasteiger partial charge in [0.2, 0.25) is 0 Å². The number of aryl methyl sites for hydroxylation is 1. The number of fused-ring (bicyclic) bond motifs is 1. The molecule has 0 aliphatic carbocycles. The first-order chi connectivity index (χ1) is 11.5. The molecule has 8 heteroatoms. The summed E-state index contributed by atoms with van der Waals surface area (Å²) < 4.78 is 13.5. The summed E-state index contributed by atoms with van der Waals surface area (Å²) in [5.74, 6) is 2.03. The summed E-state index contributed by atoms with van der Waals surface area (Å²) in [5.41, 5.74) is 1.57. The maximum Gasteiger partial charge on any atom is 0.164 e. The highest BCUT2D eigenvalue weighted by Gasteiger charge is 2.14. The number of nitrogens with zero attached hydrogens (tertiary/aromatic N) is 4. The first-order valence-electron chi connectivity index (χ1n) is 7.44. The van der Waals surface area contributed by atoms with Crippen LogP contribution in [-0.2, 0) is 7.05 Å². The van der Waals surface area contributed by atoms with E-state index in [1.807, 2.05) is 39.1 Å². The van der Waals surface area contributed by atoms with E-state index < -0.39 is 0 Å². The van der Waals surface area contributed by atoms with Gasteiger partial charge in [-0.05, 0) is 41.9 Å². The van der Waals surface area contributed by atoms with E-state index in [-0.39, 0.29) is 6.10 Å². The molecule has 2 aromatic heterocycles. The van der Waals surface area contributed by atoms with Gasteiger partial charge < -0.3 is 14.8 Å². The fraction of sp³-hybridized carbons (Fsp3) is 0.312. The molecule has 1 aromatic carbocycles. The minimum absolute atomic E-state index is 0.0746. The Labute approximate surface area is 148 Å². The number of rotatable bonds is 5. The largest absolute Gasteiger partial charge is 0.493 e. The molecule has 0 spiro atoms. The van der Waals surface area contributed by atoms with Gasteiger partial charge in [-0.15, -0.1) is 0 Å². The number of ether oxygens (including phenoxy) is 2.